The molecular weight excluding hydrogens is 457 g/mol. The number of thioether (sulfide) groups is 1. The predicted octanol–water partition coefficient (Wildman–Crippen LogP) is 3.97. The number of halogens is 1. The van der Waals surface area contributed by atoms with Gasteiger partial charge >= 0.3 is 0 Å². The van der Waals surface area contributed by atoms with Crippen molar-refractivity contribution in [3.8, 4) is 0 Å². The molecule has 1 fully saturated rings. The maximum absolute atomic E-state index is 13.0. The van der Waals surface area contributed by atoms with E-state index in [2.05, 4.69) is 15.5 Å². The molecule has 1 aromatic heterocycles. The number of amides is 1. The Balaban J connectivity index is 1.41. The van der Waals surface area contributed by atoms with E-state index >= 15 is 0 Å². The Morgan fingerprint density at radius 3 is 2.69 bits per heavy atom. The van der Waals surface area contributed by atoms with E-state index in [4.69, 9.17) is 4.74 Å². The molecule has 1 saturated heterocycles. The van der Waals surface area contributed by atoms with E-state index in [1.165, 1.54) is 41.3 Å². The summed E-state index contributed by atoms with van der Waals surface area (Å²) in [5, 5.41) is 22.5. The van der Waals surface area contributed by atoms with Gasteiger partial charge in [-0.15, -0.1) is 10.2 Å². The summed E-state index contributed by atoms with van der Waals surface area (Å²) in [6.45, 7) is 2.10. The average Bonchev–Trinajstić information content (AvgIpc) is 3.26. The van der Waals surface area contributed by atoms with Crippen molar-refractivity contribution in [2.75, 3.05) is 36.5 Å². The van der Waals surface area contributed by atoms with E-state index < -0.39 is 10.8 Å². The Bertz CT molecular complexity index is 1120. The van der Waals surface area contributed by atoms with Gasteiger partial charge in [0.25, 0.3) is 11.6 Å². The minimum atomic E-state index is -0.507. The molecule has 2 aromatic carbocycles. The standard InChI is InChI=1S/C20H18FN5O4S2/c21-15-4-1-13(2-5-15)12-31-20-24-23-19(32-20)22-18(27)14-3-6-16(17(11-14)26(28)29)25-7-9-30-10-8-25/h1-6,11H,7-10,12H2,(H,22,23,27). The number of ether oxygens (including phenoxy) is 1. The highest BCUT2D eigenvalue weighted by Crippen LogP contribution is 2.31. The lowest BCUT2D eigenvalue weighted by molar-refractivity contribution is -0.384. The summed E-state index contributed by atoms with van der Waals surface area (Å²) < 4.78 is 18.9. The van der Waals surface area contributed by atoms with Crippen molar-refractivity contribution in [2.24, 2.45) is 0 Å². The monoisotopic (exact) mass is 475 g/mol. The number of nitro groups is 1. The first-order valence-electron chi connectivity index (χ1n) is 9.63. The van der Waals surface area contributed by atoms with Crippen LogP contribution in [0.25, 0.3) is 0 Å². The zero-order valence-corrected chi connectivity index (χ0v) is 18.3. The summed E-state index contributed by atoms with van der Waals surface area (Å²) in [7, 11) is 0. The molecule has 1 N–H and O–H groups in total. The quantitative estimate of drug-likeness (QED) is 0.237. The zero-order valence-electron chi connectivity index (χ0n) is 16.7. The fourth-order valence-electron chi connectivity index (χ4n) is 3.10. The number of rotatable bonds is 7. The first kappa shape index (κ1) is 22.1. The van der Waals surface area contributed by atoms with Gasteiger partial charge in [-0.3, -0.25) is 20.2 Å². The summed E-state index contributed by atoms with van der Waals surface area (Å²) >= 11 is 2.61. The molecule has 0 aliphatic carbocycles. The molecule has 0 atom stereocenters. The van der Waals surface area contributed by atoms with E-state index in [1.54, 1.807) is 24.3 Å². The predicted molar refractivity (Wildman–Crippen MR) is 120 cm³/mol. The smallest absolute Gasteiger partial charge is 0.293 e. The van der Waals surface area contributed by atoms with Gasteiger partial charge in [0, 0.05) is 30.5 Å². The second-order valence-corrected chi connectivity index (χ2v) is 9.00. The van der Waals surface area contributed by atoms with E-state index in [0.717, 1.165) is 5.56 Å². The highest BCUT2D eigenvalue weighted by molar-refractivity contribution is 8.00. The summed E-state index contributed by atoms with van der Waals surface area (Å²) in [5.74, 6) is -0.219. The van der Waals surface area contributed by atoms with Crippen molar-refractivity contribution < 1.29 is 18.8 Å². The lowest BCUT2D eigenvalue weighted by Gasteiger charge is -2.28. The number of nitro benzene ring substituents is 1. The van der Waals surface area contributed by atoms with Crippen molar-refractivity contribution in [1.82, 2.24) is 10.2 Å². The van der Waals surface area contributed by atoms with Gasteiger partial charge < -0.3 is 9.64 Å². The summed E-state index contributed by atoms with van der Waals surface area (Å²) in [6, 6.07) is 10.6. The number of benzene rings is 2. The van der Waals surface area contributed by atoms with Crippen LogP contribution in [0.5, 0.6) is 0 Å². The lowest BCUT2D eigenvalue weighted by Crippen LogP contribution is -2.36. The number of hydrogen-bond donors (Lipinski definition) is 1. The first-order valence-corrected chi connectivity index (χ1v) is 11.4. The van der Waals surface area contributed by atoms with Crippen LogP contribution in [-0.4, -0.2) is 47.3 Å². The SMILES string of the molecule is O=C(Nc1nnc(SCc2ccc(F)cc2)s1)c1ccc(N2CCOCC2)c([N+](=O)[O-])c1. The fraction of sp³-hybridized carbons (Fsp3) is 0.250. The van der Waals surface area contributed by atoms with Crippen LogP contribution < -0.4 is 10.2 Å². The number of carbonyl (C=O) groups is 1. The summed E-state index contributed by atoms with van der Waals surface area (Å²) in [5.41, 5.74) is 1.42. The van der Waals surface area contributed by atoms with Crippen molar-refractivity contribution in [3.63, 3.8) is 0 Å². The van der Waals surface area contributed by atoms with Gasteiger partial charge in [-0.1, -0.05) is 35.2 Å². The molecule has 12 heteroatoms. The molecule has 1 aliphatic rings. The van der Waals surface area contributed by atoms with E-state index in [0.29, 0.717) is 42.1 Å². The number of anilines is 2. The third kappa shape index (κ3) is 5.39. The van der Waals surface area contributed by atoms with Gasteiger partial charge in [0.15, 0.2) is 4.34 Å². The minimum absolute atomic E-state index is 0.132. The minimum Gasteiger partial charge on any atom is -0.378 e. The Morgan fingerprint density at radius 2 is 1.97 bits per heavy atom. The third-order valence-electron chi connectivity index (χ3n) is 4.69. The molecule has 0 bridgehead atoms. The zero-order chi connectivity index (χ0) is 22.5. The van der Waals surface area contributed by atoms with Crippen LogP contribution >= 0.6 is 23.1 Å². The van der Waals surface area contributed by atoms with Crippen molar-refractivity contribution in [2.45, 2.75) is 10.1 Å². The Kier molecular flexibility index (Phi) is 6.93. The maximum Gasteiger partial charge on any atom is 0.293 e. The van der Waals surface area contributed by atoms with Gasteiger partial charge in [-0.05, 0) is 29.8 Å². The van der Waals surface area contributed by atoms with Gasteiger partial charge in [0.2, 0.25) is 5.13 Å². The highest BCUT2D eigenvalue weighted by Gasteiger charge is 2.23. The summed E-state index contributed by atoms with van der Waals surface area (Å²) in [6.07, 6.45) is 0. The van der Waals surface area contributed by atoms with E-state index in [1.807, 2.05) is 4.90 Å². The number of hydrogen-bond acceptors (Lipinski definition) is 9. The maximum atomic E-state index is 13.0. The molecule has 2 heterocycles. The van der Waals surface area contributed by atoms with Crippen molar-refractivity contribution >= 4 is 45.5 Å². The van der Waals surface area contributed by atoms with Crippen LogP contribution in [0.2, 0.25) is 0 Å². The number of morpholine rings is 1. The Morgan fingerprint density at radius 1 is 1.22 bits per heavy atom. The number of carbonyl (C=O) groups excluding carboxylic acids is 1. The molecule has 1 amide bonds. The molecule has 0 radical (unpaired) electrons. The van der Waals surface area contributed by atoms with Crippen LogP contribution in [0, 0.1) is 15.9 Å². The highest BCUT2D eigenvalue weighted by atomic mass is 32.2. The Hall–Kier alpha value is -3.09. The van der Waals surface area contributed by atoms with E-state index in [9.17, 15) is 19.3 Å². The lowest BCUT2D eigenvalue weighted by atomic mass is 10.1. The van der Waals surface area contributed by atoms with Gasteiger partial charge in [0.05, 0.1) is 18.1 Å². The molecule has 0 spiro atoms. The largest absolute Gasteiger partial charge is 0.378 e. The molecular formula is C20H18FN5O4S2. The fourth-order valence-corrected chi connectivity index (χ4v) is 4.80. The number of nitrogens with one attached hydrogen (secondary N) is 1. The summed E-state index contributed by atoms with van der Waals surface area (Å²) in [4.78, 5) is 25.6. The van der Waals surface area contributed by atoms with Gasteiger partial charge in [-0.25, -0.2) is 4.39 Å². The second kappa shape index (κ2) is 10.0. The third-order valence-corrected chi connectivity index (χ3v) is 6.73. The molecule has 32 heavy (non-hydrogen) atoms. The van der Waals surface area contributed by atoms with E-state index in [-0.39, 0.29) is 22.2 Å². The average molecular weight is 476 g/mol. The normalized spacial score (nSPS) is 13.7. The first-order chi connectivity index (χ1) is 15.5. The molecule has 3 aromatic rings. The van der Waals surface area contributed by atoms with Crippen LogP contribution in [0.4, 0.5) is 20.9 Å². The number of aromatic nitrogens is 2. The second-order valence-electron chi connectivity index (χ2n) is 6.80. The number of nitrogens with zero attached hydrogens (tertiary/aromatic N) is 4. The molecule has 9 nitrogen and oxygen atoms in total. The Labute approximate surface area is 190 Å². The van der Waals surface area contributed by atoms with Crippen LogP contribution in [0.15, 0.2) is 46.8 Å². The molecule has 0 saturated carbocycles. The van der Waals surface area contributed by atoms with Crippen LogP contribution in [0.1, 0.15) is 15.9 Å². The molecule has 166 valence electrons. The van der Waals surface area contributed by atoms with Gasteiger partial charge in [-0.2, -0.15) is 0 Å². The molecule has 0 unspecified atom stereocenters. The van der Waals surface area contributed by atoms with Crippen LogP contribution in [0.3, 0.4) is 0 Å². The van der Waals surface area contributed by atoms with Gasteiger partial charge in [0.1, 0.15) is 11.5 Å². The molecule has 4 rings (SSSR count). The topological polar surface area (TPSA) is 110 Å². The van der Waals surface area contributed by atoms with Crippen LogP contribution in [-0.2, 0) is 10.5 Å². The van der Waals surface area contributed by atoms with Crippen molar-refractivity contribution in [1.29, 1.82) is 0 Å². The molecule has 1 aliphatic heterocycles. The van der Waals surface area contributed by atoms with Crippen molar-refractivity contribution in [3.05, 3.63) is 69.5 Å².